The molecule has 5 heteroatoms. The molecule has 0 aromatic carbocycles. The van der Waals surface area contributed by atoms with E-state index in [1.54, 1.807) is 0 Å². The number of nitrogens with zero attached hydrogens (tertiary/aromatic N) is 3. The topological polar surface area (TPSA) is 30.3 Å². The number of ether oxygens (including phenoxy) is 1. The smallest absolute Gasteiger partial charge is 0.0534 e. The van der Waals surface area contributed by atoms with Gasteiger partial charge in [0.25, 0.3) is 0 Å². The third-order valence-corrected chi connectivity index (χ3v) is 6.49. The van der Waals surface area contributed by atoms with E-state index in [9.17, 15) is 0 Å². The molecular formula is C20H31N3OS. The number of aryl methyl sites for hydroxylation is 3. The zero-order chi connectivity index (χ0) is 17.7. The summed E-state index contributed by atoms with van der Waals surface area (Å²) in [6.07, 6.45) is 9.01. The van der Waals surface area contributed by atoms with Gasteiger partial charge in [0.15, 0.2) is 0 Å². The van der Waals surface area contributed by atoms with Gasteiger partial charge in [-0.1, -0.05) is 0 Å². The van der Waals surface area contributed by atoms with E-state index < -0.39 is 0 Å². The fourth-order valence-electron chi connectivity index (χ4n) is 3.79. The minimum absolute atomic E-state index is 0.347. The van der Waals surface area contributed by atoms with Gasteiger partial charge in [0.1, 0.15) is 0 Å². The minimum atomic E-state index is 0.347. The monoisotopic (exact) mass is 361 g/mol. The summed E-state index contributed by atoms with van der Waals surface area (Å²) in [5.74, 6) is 0. The van der Waals surface area contributed by atoms with Crippen molar-refractivity contribution in [1.29, 1.82) is 0 Å². The van der Waals surface area contributed by atoms with Crippen LogP contribution in [0, 0.1) is 12.3 Å². The van der Waals surface area contributed by atoms with Crippen LogP contribution in [0.4, 0.5) is 0 Å². The van der Waals surface area contributed by atoms with Gasteiger partial charge >= 0.3 is 0 Å². The van der Waals surface area contributed by atoms with Gasteiger partial charge in [-0.2, -0.15) is 5.10 Å². The molecule has 0 amide bonds. The quantitative estimate of drug-likeness (QED) is 0.711. The Kier molecular flexibility index (Phi) is 6.31. The molecule has 4 nitrogen and oxygen atoms in total. The van der Waals surface area contributed by atoms with Gasteiger partial charge in [-0.25, -0.2) is 0 Å². The summed E-state index contributed by atoms with van der Waals surface area (Å²) in [6, 6.07) is 2.34. The first-order chi connectivity index (χ1) is 12.1. The average Bonchev–Trinajstić information content (AvgIpc) is 3.21. The lowest BCUT2D eigenvalue weighted by Crippen LogP contribution is -2.42. The van der Waals surface area contributed by atoms with Crippen molar-refractivity contribution in [2.45, 2.75) is 46.1 Å². The number of thiophene rings is 1. The van der Waals surface area contributed by atoms with E-state index in [1.807, 2.05) is 29.3 Å². The van der Waals surface area contributed by atoms with Crippen LogP contribution >= 0.6 is 11.3 Å². The van der Waals surface area contributed by atoms with Crippen molar-refractivity contribution in [3.8, 4) is 0 Å². The molecule has 1 fully saturated rings. The molecule has 1 aliphatic rings. The lowest BCUT2D eigenvalue weighted by Gasteiger charge is -2.41. The van der Waals surface area contributed by atoms with Gasteiger partial charge in [-0.05, 0) is 75.0 Å². The molecule has 0 saturated carbocycles. The van der Waals surface area contributed by atoms with Crippen molar-refractivity contribution in [2.24, 2.45) is 12.5 Å². The van der Waals surface area contributed by atoms with Crippen LogP contribution in [0.5, 0.6) is 0 Å². The largest absolute Gasteiger partial charge is 0.381 e. The van der Waals surface area contributed by atoms with E-state index >= 15 is 0 Å². The Morgan fingerprint density at radius 1 is 1.32 bits per heavy atom. The Balaban J connectivity index is 1.56. The van der Waals surface area contributed by atoms with Crippen molar-refractivity contribution >= 4 is 11.3 Å². The molecule has 0 N–H and O–H groups in total. The molecule has 0 aliphatic carbocycles. The van der Waals surface area contributed by atoms with E-state index in [0.29, 0.717) is 5.41 Å². The number of hydrogen-bond donors (Lipinski definition) is 0. The van der Waals surface area contributed by atoms with E-state index in [0.717, 1.165) is 32.8 Å². The molecule has 0 atom stereocenters. The third-order valence-electron chi connectivity index (χ3n) is 5.38. The Bertz CT molecular complexity index is 655. The molecule has 1 aliphatic heterocycles. The molecule has 0 radical (unpaired) electrons. The third kappa shape index (κ3) is 5.16. The predicted octanol–water partition coefficient (Wildman–Crippen LogP) is 4.04. The summed E-state index contributed by atoms with van der Waals surface area (Å²) in [4.78, 5) is 4.09. The average molecular weight is 362 g/mol. The number of aromatic nitrogens is 2. The van der Waals surface area contributed by atoms with Crippen LogP contribution in [0.15, 0.2) is 23.8 Å². The van der Waals surface area contributed by atoms with Gasteiger partial charge in [-0.3, -0.25) is 9.58 Å². The number of piperidine rings is 1. The second-order valence-corrected chi connectivity index (χ2v) is 8.52. The van der Waals surface area contributed by atoms with Crippen LogP contribution in [-0.2, 0) is 24.8 Å². The molecule has 138 valence electrons. The Hall–Kier alpha value is -1.17. The molecule has 25 heavy (non-hydrogen) atoms. The highest BCUT2D eigenvalue weighted by Crippen LogP contribution is 2.37. The molecule has 3 heterocycles. The number of rotatable bonds is 8. The van der Waals surface area contributed by atoms with Gasteiger partial charge in [-0.15, -0.1) is 11.3 Å². The van der Waals surface area contributed by atoms with E-state index in [4.69, 9.17) is 4.74 Å². The highest BCUT2D eigenvalue weighted by molar-refractivity contribution is 7.10. The first-order valence-electron chi connectivity index (χ1n) is 9.40. The van der Waals surface area contributed by atoms with Crippen molar-refractivity contribution in [3.63, 3.8) is 0 Å². The van der Waals surface area contributed by atoms with E-state index in [1.165, 1.54) is 41.7 Å². The lowest BCUT2D eigenvalue weighted by atomic mass is 9.75. The molecule has 0 spiro atoms. The summed E-state index contributed by atoms with van der Waals surface area (Å²) in [6.45, 7) is 9.36. The standard InChI is InChI=1S/C20H31N3OS/c1-4-24-16-20(6-5-19-11-17(2)15-25-19)7-9-23(10-8-20)14-18-12-21-22(3)13-18/h11-13,15H,4-10,14,16H2,1-3H3. The number of hydrogen-bond acceptors (Lipinski definition) is 4. The Labute approximate surface area is 155 Å². The van der Waals surface area contributed by atoms with E-state index in [2.05, 4.69) is 41.5 Å². The molecule has 0 bridgehead atoms. The summed E-state index contributed by atoms with van der Waals surface area (Å²) < 4.78 is 7.79. The molecule has 3 rings (SSSR count). The normalized spacial score (nSPS) is 17.9. The van der Waals surface area contributed by atoms with Crippen LogP contribution in [0.25, 0.3) is 0 Å². The van der Waals surface area contributed by atoms with Gasteiger partial charge < -0.3 is 4.74 Å². The first-order valence-corrected chi connectivity index (χ1v) is 10.3. The van der Waals surface area contributed by atoms with E-state index in [-0.39, 0.29) is 0 Å². The van der Waals surface area contributed by atoms with Gasteiger partial charge in [0, 0.05) is 36.8 Å². The Morgan fingerprint density at radius 2 is 2.12 bits per heavy atom. The number of likely N-dealkylation sites (tertiary alicyclic amines) is 1. The van der Waals surface area contributed by atoms with Gasteiger partial charge in [0.2, 0.25) is 0 Å². The van der Waals surface area contributed by atoms with Crippen LogP contribution in [0.3, 0.4) is 0 Å². The van der Waals surface area contributed by atoms with Crippen molar-refractivity contribution in [2.75, 3.05) is 26.3 Å². The maximum absolute atomic E-state index is 5.90. The second-order valence-electron chi connectivity index (χ2n) is 7.53. The van der Waals surface area contributed by atoms with Crippen molar-refractivity contribution in [3.05, 3.63) is 39.8 Å². The SMILES string of the molecule is CCOCC1(CCc2cc(C)cs2)CCN(Cc2cnn(C)c2)CC1. The first kappa shape index (κ1) is 18.6. The molecular weight excluding hydrogens is 330 g/mol. The molecule has 2 aromatic rings. The predicted molar refractivity (Wildman–Crippen MR) is 104 cm³/mol. The van der Waals surface area contributed by atoms with Crippen LogP contribution in [0.2, 0.25) is 0 Å². The van der Waals surface area contributed by atoms with Crippen molar-refractivity contribution in [1.82, 2.24) is 14.7 Å². The lowest BCUT2D eigenvalue weighted by molar-refractivity contribution is -0.00221. The zero-order valence-corrected chi connectivity index (χ0v) is 16.6. The highest BCUT2D eigenvalue weighted by atomic mass is 32.1. The second kappa shape index (κ2) is 8.47. The summed E-state index contributed by atoms with van der Waals surface area (Å²) in [5.41, 5.74) is 3.05. The maximum atomic E-state index is 5.90. The van der Waals surface area contributed by atoms with Gasteiger partial charge in [0.05, 0.1) is 12.8 Å². The summed E-state index contributed by atoms with van der Waals surface area (Å²) in [5, 5.41) is 6.55. The molecule has 1 saturated heterocycles. The molecule has 2 aromatic heterocycles. The zero-order valence-electron chi connectivity index (χ0n) is 15.8. The van der Waals surface area contributed by atoms with Crippen LogP contribution in [0.1, 0.15) is 42.2 Å². The van der Waals surface area contributed by atoms with Crippen LogP contribution in [-0.4, -0.2) is 41.0 Å². The fourth-order valence-corrected chi connectivity index (χ4v) is 4.67. The summed E-state index contributed by atoms with van der Waals surface area (Å²) >= 11 is 1.90. The fraction of sp³-hybridized carbons (Fsp3) is 0.650. The minimum Gasteiger partial charge on any atom is -0.381 e. The molecule has 0 unspecified atom stereocenters. The maximum Gasteiger partial charge on any atom is 0.0534 e. The highest BCUT2D eigenvalue weighted by Gasteiger charge is 2.34. The Morgan fingerprint density at radius 3 is 2.72 bits per heavy atom. The summed E-state index contributed by atoms with van der Waals surface area (Å²) in [7, 11) is 1.99. The van der Waals surface area contributed by atoms with Crippen molar-refractivity contribution < 1.29 is 4.74 Å². The van der Waals surface area contributed by atoms with Crippen LogP contribution < -0.4 is 0 Å².